The molecule has 4 atom stereocenters. The lowest BCUT2D eigenvalue weighted by Crippen LogP contribution is -2.45. The minimum atomic E-state index is -2.85. The average Bonchev–Trinajstić information content (AvgIpc) is 3.63. The fourth-order valence-electron chi connectivity index (χ4n) is 7.63. The number of carbonyl (C=O) groups excluding carboxylic acids is 2. The number of ether oxygens (including phenoxy) is 1. The van der Waals surface area contributed by atoms with Crippen molar-refractivity contribution in [1.82, 2.24) is 15.0 Å². The molecule has 1 spiro atoms. The third-order valence-corrected chi connectivity index (χ3v) is 12.1. The number of aromatic nitrogens is 3. The summed E-state index contributed by atoms with van der Waals surface area (Å²) in [6.45, 7) is 7.02. The van der Waals surface area contributed by atoms with Crippen molar-refractivity contribution < 1.29 is 24.2 Å². The van der Waals surface area contributed by atoms with E-state index in [2.05, 4.69) is 10.3 Å². The third kappa shape index (κ3) is 5.40. The molecule has 4 heterocycles. The van der Waals surface area contributed by atoms with Crippen LogP contribution in [0.3, 0.4) is 0 Å². The van der Waals surface area contributed by atoms with Crippen LogP contribution < -0.4 is 9.80 Å². The fraction of sp³-hybridized carbons (Fsp3) is 0.515. The van der Waals surface area contributed by atoms with Gasteiger partial charge in [0.15, 0.2) is 13.9 Å². The minimum absolute atomic E-state index is 0.00128. The van der Waals surface area contributed by atoms with Crippen molar-refractivity contribution in [2.24, 2.45) is 5.92 Å². The molecule has 10 nitrogen and oxygen atoms in total. The lowest BCUT2D eigenvalue weighted by molar-refractivity contribution is -0.145. The summed E-state index contributed by atoms with van der Waals surface area (Å²) in [5, 5.41) is 17.6. The largest absolute Gasteiger partial charge is 0.432 e. The van der Waals surface area contributed by atoms with Crippen molar-refractivity contribution in [2.45, 2.75) is 88.8 Å². The highest BCUT2D eigenvalue weighted by atomic mass is 28.4. The molecule has 3 aliphatic heterocycles. The van der Waals surface area contributed by atoms with Crippen LogP contribution in [0.25, 0.3) is 0 Å². The van der Waals surface area contributed by atoms with E-state index in [1.807, 2.05) is 79.6 Å². The Labute approximate surface area is 259 Å². The predicted octanol–water partition coefficient (Wildman–Crippen LogP) is 4.68. The quantitative estimate of drug-likeness (QED) is 0.352. The van der Waals surface area contributed by atoms with Crippen LogP contribution in [-0.2, 0) is 32.9 Å². The molecule has 2 saturated heterocycles. The second kappa shape index (κ2) is 12.2. The Kier molecular flexibility index (Phi) is 8.49. The van der Waals surface area contributed by atoms with Gasteiger partial charge in [0.1, 0.15) is 0 Å². The standard InChI is InChI=1S/C33H43N5O5Si/c1-23-31(44(2,3)42)29(16-19-36-22-24(17-20-39)34-35-36)43-33(23)27-21-26(37-18-10-5-4-9-13-30(37)40)14-15-28(27)38(32(33)41)25-11-7-6-8-12-25/h6-8,11-12,14-15,21-23,29,31,39,42H,4-5,9-10,13,16-20H2,1-3H3/t23-,29+,31-,33+/m0/s1. The number of benzene rings is 2. The zero-order valence-electron chi connectivity index (χ0n) is 25.9. The van der Waals surface area contributed by atoms with Gasteiger partial charge in [0.2, 0.25) is 5.91 Å². The first-order chi connectivity index (χ1) is 21.1. The van der Waals surface area contributed by atoms with Gasteiger partial charge < -0.3 is 19.5 Å². The van der Waals surface area contributed by atoms with Crippen LogP contribution in [0.1, 0.15) is 56.7 Å². The molecule has 234 valence electrons. The van der Waals surface area contributed by atoms with Crippen LogP contribution >= 0.6 is 0 Å². The molecule has 2 amide bonds. The monoisotopic (exact) mass is 617 g/mol. The fourth-order valence-corrected chi connectivity index (χ4v) is 10.2. The number of hydrogen-bond acceptors (Lipinski definition) is 7. The highest BCUT2D eigenvalue weighted by molar-refractivity contribution is 6.71. The van der Waals surface area contributed by atoms with Gasteiger partial charge in [0, 0.05) is 67.1 Å². The Morgan fingerprint density at radius 2 is 1.82 bits per heavy atom. The molecule has 0 saturated carbocycles. The van der Waals surface area contributed by atoms with E-state index in [9.17, 15) is 19.5 Å². The third-order valence-electron chi connectivity index (χ3n) is 9.62. The van der Waals surface area contributed by atoms with E-state index in [4.69, 9.17) is 4.74 Å². The molecule has 0 aliphatic carbocycles. The van der Waals surface area contributed by atoms with E-state index in [-0.39, 0.29) is 29.9 Å². The zero-order valence-corrected chi connectivity index (χ0v) is 26.9. The minimum Gasteiger partial charge on any atom is -0.432 e. The first-order valence-electron chi connectivity index (χ1n) is 15.9. The van der Waals surface area contributed by atoms with Crippen molar-refractivity contribution in [2.75, 3.05) is 23.0 Å². The molecule has 1 aromatic heterocycles. The van der Waals surface area contributed by atoms with Gasteiger partial charge in [-0.05, 0) is 62.7 Å². The first kappa shape index (κ1) is 30.6. The maximum atomic E-state index is 14.8. The molecule has 3 aliphatic rings. The van der Waals surface area contributed by atoms with Crippen LogP contribution in [-0.4, -0.2) is 64.3 Å². The lowest BCUT2D eigenvalue weighted by Gasteiger charge is -2.33. The molecule has 3 aromatic rings. The SMILES string of the molecule is C[C@H]1[C@H]([Si](C)(C)O)[C@@H](CCn2cc(CCO)nn2)O[C@]12C(=O)N(c1ccccc1)c1ccc(N3CCCCCCC3=O)cc12. The van der Waals surface area contributed by atoms with Crippen LogP contribution in [0.15, 0.2) is 54.7 Å². The van der Waals surface area contributed by atoms with Crippen molar-refractivity contribution in [1.29, 1.82) is 0 Å². The summed E-state index contributed by atoms with van der Waals surface area (Å²) in [5.74, 6) is -0.381. The number of rotatable bonds is 8. The Morgan fingerprint density at radius 1 is 1.05 bits per heavy atom. The van der Waals surface area contributed by atoms with Gasteiger partial charge in [-0.2, -0.15) is 0 Å². The van der Waals surface area contributed by atoms with Crippen LogP contribution in [0.5, 0.6) is 0 Å². The summed E-state index contributed by atoms with van der Waals surface area (Å²) in [6, 6.07) is 15.5. The topological polar surface area (TPSA) is 121 Å². The highest BCUT2D eigenvalue weighted by Crippen LogP contribution is 2.61. The molecule has 2 N–H and O–H groups in total. The summed E-state index contributed by atoms with van der Waals surface area (Å²) in [6.07, 6.45) is 6.88. The second-order valence-corrected chi connectivity index (χ2v) is 17.0. The Bertz CT molecular complexity index is 1510. The van der Waals surface area contributed by atoms with Crippen molar-refractivity contribution in [3.8, 4) is 0 Å². The summed E-state index contributed by atoms with van der Waals surface area (Å²) in [4.78, 5) is 43.4. The molecule has 0 unspecified atom stereocenters. The van der Waals surface area contributed by atoms with E-state index >= 15 is 0 Å². The summed E-state index contributed by atoms with van der Waals surface area (Å²) in [5.41, 5.74) is 2.19. The maximum Gasteiger partial charge on any atom is 0.268 e. The molecular weight excluding hydrogens is 574 g/mol. The number of amides is 2. The van der Waals surface area contributed by atoms with Gasteiger partial charge in [-0.25, -0.2) is 0 Å². The number of carbonyl (C=O) groups is 2. The van der Waals surface area contributed by atoms with E-state index < -0.39 is 20.0 Å². The van der Waals surface area contributed by atoms with E-state index in [1.165, 1.54) is 0 Å². The lowest BCUT2D eigenvalue weighted by atomic mass is 9.82. The van der Waals surface area contributed by atoms with Gasteiger partial charge >= 0.3 is 0 Å². The molecule has 6 rings (SSSR count). The molecule has 0 radical (unpaired) electrons. The smallest absolute Gasteiger partial charge is 0.268 e. The maximum absolute atomic E-state index is 14.8. The number of aliphatic hydroxyl groups is 1. The van der Waals surface area contributed by atoms with Crippen LogP contribution in [0.2, 0.25) is 18.6 Å². The van der Waals surface area contributed by atoms with Gasteiger partial charge in [-0.15, -0.1) is 5.10 Å². The molecule has 0 bridgehead atoms. The normalized spacial score (nSPS) is 25.9. The van der Waals surface area contributed by atoms with Gasteiger partial charge in [0.05, 0.1) is 17.5 Å². The van der Waals surface area contributed by atoms with Crippen LogP contribution in [0, 0.1) is 5.92 Å². The van der Waals surface area contributed by atoms with Gasteiger partial charge in [-0.1, -0.05) is 43.2 Å². The van der Waals surface area contributed by atoms with Crippen molar-refractivity contribution in [3.05, 3.63) is 66.0 Å². The van der Waals surface area contributed by atoms with Crippen LogP contribution in [0.4, 0.5) is 17.1 Å². The number of anilines is 3. The van der Waals surface area contributed by atoms with Gasteiger partial charge in [-0.3, -0.25) is 19.2 Å². The molecule has 2 fully saturated rings. The highest BCUT2D eigenvalue weighted by Gasteiger charge is 2.66. The average molecular weight is 618 g/mol. The second-order valence-electron chi connectivity index (χ2n) is 13.0. The zero-order chi connectivity index (χ0) is 31.1. The molecule has 44 heavy (non-hydrogen) atoms. The van der Waals surface area contributed by atoms with E-state index in [1.54, 1.807) is 9.58 Å². The molecular formula is C33H43N5O5Si. The number of hydrogen-bond donors (Lipinski definition) is 2. The first-order valence-corrected chi connectivity index (χ1v) is 18.9. The summed E-state index contributed by atoms with van der Waals surface area (Å²) < 4.78 is 8.76. The summed E-state index contributed by atoms with van der Waals surface area (Å²) >= 11 is 0. The summed E-state index contributed by atoms with van der Waals surface area (Å²) in [7, 11) is -2.85. The number of fused-ring (bicyclic) bond motifs is 2. The predicted molar refractivity (Wildman–Crippen MR) is 170 cm³/mol. The molecule has 11 heteroatoms. The van der Waals surface area contributed by atoms with E-state index in [0.29, 0.717) is 38.0 Å². The van der Waals surface area contributed by atoms with Crippen molar-refractivity contribution in [3.63, 3.8) is 0 Å². The number of para-hydroxylation sites is 1. The van der Waals surface area contributed by atoms with Gasteiger partial charge in [0.25, 0.3) is 5.91 Å². The Hall–Kier alpha value is -3.38. The van der Waals surface area contributed by atoms with Crippen molar-refractivity contribution >= 4 is 37.2 Å². The number of nitrogens with zero attached hydrogens (tertiary/aromatic N) is 5. The number of aliphatic hydroxyl groups excluding tert-OH is 1. The van der Waals surface area contributed by atoms with E-state index in [0.717, 1.165) is 48.3 Å². The molecule has 2 aromatic carbocycles. The Morgan fingerprint density at radius 3 is 2.57 bits per heavy atom. The Balaban J connectivity index is 1.42. The number of aryl methyl sites for hydroxylation is 1.